The maximum Gasteiger partial charge on any atom is 0.0389 e. The van der Waals surface area contributed by atoms with E-state index in [1.54, 1.807) is 0 Å². The highest BCUT2D eigenvalue weighted by Crippen LogP contribution is 2.26. The van der Waals surface area contributed by atoms with Crippen LogP contribution in [0, 0.1) is 0 Å². The van der Waals surface area contributed by atoms with Crippen LogP contribution in [-0.4, -0.2) is 43.0 Å². The highest BCUT2D eigenvalue weighted by molar-refractivity contribution is 5.85. The highest BCUT2D eigenvalue weighted by Gasteiger charge is 2.23. The number of rotatable bonds is 4. The second kappa shape index (κ2) is 9.94. The molecule has 1 aliphatic rings. The zero-order chi connectivity index (χ0) is 14.5. The second-order valence-electron chi connectivity index (χ2n) is 5.96. The molecule has 0 aliphatic carbocycles. The minimum Gasteiger partial charge on any atom is -0.304 e. The van der Waals surface area contributed by atoms with Gasteiger partial charge in [0.15, 0.2) is 0 Å². The second-order valence-corrected chi connectivity index (χ2v) is 5.96. The van der Waals surface area contributed by atoms with Gasteiger partial charge >= 0.3 is 0 Å². The Labute approximate surface area is 152 Å². The predicted molar refractivity (Wildman–Crippen MR) is 103 cm³/mol. The van der Waals surface area contributed by atoms with Gasteiger partial charge in [-0.1, -0.05) is 60.7 Å². The lowest BCUT2D eigenvalue weighted by Crippen LogP contribution is -2.46. The minimum absolute atomic E-state index is 0. The number of benzene rings is 2. The molecule has 1 heterocycles. The van der Waals surface area contributed by atoms with Crippen LogP contribution in [0.4, 0.5) is 0 Å². The molecule has 2 nitrogen and oxygen atoms in total. The van der Waals surface area contributed by atoms with E-state index in [0.29, 0.717) is 6.04 Å². The molecule has 1 unspecified atom stereocenters. The first kappa shape index (κ1) is 20.0. The van der Waals surface area contributed by atoms with E-state index in [9.17, 15) is 0 Å². The number of hydrogen-bond donors (Lipinski definition) is 0. The summed E-state index contributed by atoms with van der Waals surface area (Å²) >= 11 is 0. The number of piperazine rings is 1. The third kappa shape index (κ3) is 5.50. The maximum absolute atomic E-state index is 2.64. The summed E-state index contributed by atoms with van der Waals surface area (Å²) in [4.78, 5) is 5.06. The average Bonchev–Trinajstić information content (AvgIpc) is 2.55. The van der Waals surface area contributed by atoms with E-state index >= 15 is 0 Å². The largest absolute Gasteiger partial charge is 0.304 e. The van der Waals surface area contributed by atoms with Gasteiger partial charge in [0.05, 0.1) is 0 Å². The summed E-state index contributed by atoms with van der Waals surface area (Å²) in [5.41, 5.74) is 2.86. The number of hydrogen-bond acceptors (Lipinski definition) is 2. The van der Waals surface area contributed by atoms with Crippen molar-refractivity contribution in [3.63, 3.8) is 0 Å². The molecule has 0 N–H and O–H groups in total. The molecule has 1 aliphatic heterocycles. The van der Waals surface area contributed by atoms with Crippen molar-refractivity contribution in [3.05, 3.63) is 71.8 Å². The Balaban J connectivity index is 0.00000132. The van der Waals surface area contributed by atoms with Crippen LogP contribution in [0.5, 0.6) is 0 Å². The van der Waals surface area contributed by atoms with E-state index in [2.05, 4.69) is 77.5 Å². The summed E-state index contributed by atoms with van der Waals surface area (Å²) in [6, 6.07) is 22.3. The smallest absolute Gasteiger partial charge is 0.0389 e. The molecule has 0 radical (unpaired) electrons. The zero-order valence-electron chi connectivity index (χ0n) is 13.6. The standard InChI is InChI=1S/C19H24N2.2ClH/c1-20-12-14-21(15-13-20)19(18-10-6-3-7-11-18)16-17-8-4-2-5-9-17;;/h2-11,19H,12-16H2,1H3;2*1H. The number of halogens is 2. The SMILES string of the molecule is CN1CCN(C(Cc2ccccc2)c2ccccc2)CC1.Cl.Cl. The van der Waals surface area contributed by atoms with Crippen LogP contribution >= 0.6 is 24.8 Å². The summed E-state index contributed by atoms with van der Waals surface area (Å²) in [6.45, 7) is 4.64. The molecule has 1 atom stereocenters. The van der Waals surface area contributed by atoms with Gasteiger partial charge in [-0.3, -0.25) is 4.90 Å². The van der Waals surface area contributed by atoms with Gasteiger partial charge in [0.25, 0.3) is 0 Å². The molecule has 126 valence electrons. The molecular weight excluding hydrogens is 327 g/mol. The van der Waals surface area contributed by atoms with Crippen molar-refractivity contribution in [1.82, 2.24) is 9.80 Å². The van der Waals surface area contributed by atoms with Crippen LogP contribution in [0.3, 0.4) is 0 Å². The van der Waals surface area contributed by atoms with Crippen molar-refractivity contribution in [3.8, 4) is 0 Å². The Morgan fingerprint density at radius 1 is 0.783 bits per heavy atom. The van der Waals surface area contributed by atoms with Crippen LogP contribution in [0.1, 0.15) is 17.2 Å². The van der Waals surface area contributed by atoms with Crippen LogP contribution < -0.4 is 0 Å². The minimum atomic E-state index is 0. The summed E-state index contributed by atoms with van der Waals surface area (Å²) in [6.07, 6.45) is 1.09. The fourth-order valence-corrected chi connectivity index (χ4v) is 3.10. The van der Waals surface area contributed by atoms with E-state index in [1.807, 2.05) is 0 Å². The molecule has 2 aromatic carbocycles. The first-order valence-electron chi connectivity index (χ1n) is 7.84. The third-order valence-corrected chi connectivity index (χ3v) is 4.43. The Bertz CT molecular complexity index is 540. The maximum atomic E-state index is 2.64. The number of nitrogens with zero attached hydrogens (tertiary/aromatic N) is 2. The molecule has 0 amide bonds. The van der Waals surface area contributed by atoms with Gasteiger partial charge in [-0.05, 0) is 24.6 Å². The molecule has 0 bridgehead atoms. The van der Waals surface area contributed by atoms with Crippen molar-refractivity contribution >= 4 is 24.8 Å². The molecular formula is C19H26Cl2N2. The molecule has 0 saturated carbocycles. The topological polar surface area (TPSA) is 6.48 Å². The molecule has 1 saturated heterocycles. The fourth-order valence-electron chi connectivity index (χ4n) is 3.10. The van der Waals surface area contributed by atoms with Crippen molar-refractivity contribution in [2.45, 2.75) is 12.5 Å². The van der Waals surface area contributed by atoms with Crippen molar-refractivity contribution < 1.29 is 0 Å². The monoisotopic (exact) mass is 352 g/mol. The first-order valence-corrected chi connectivity index (χ1v) is 7.84. The van der Waals surface area contributed by atoms with Crippen LogP contribution in [0.25, 0.3) is 0 Å². The highest BCUT2D eigenvalue weighted by atomic mass is 35.5. The van der Waals surface area contributed by atoms with Gasteiger partial charge in [0, 0.05) is 32.2 Å². The third-order valence-electron chi connectivity index (χ3n) is 4.43. The first-order chi connectivity index (χ1) is 10.3. The molecule has 4 heteroatoms. The summed E-state index contributed by atoms with van der Waals surface area (Å²) in [7, 11) is 2.21. The quantitative estimate of drug-likeness (QED) is 0.818. The lowest BCUT2D eigenvalue weighted by atomic mass is 9.97. The lowest BCUT2D eigenvalue weighted by molar-refractivity contribution is 0.111. The van der Waals surface area contributed by atoms with Gasteiger partial charge in [-0.15, -0.1) is 24.8 Å². The van der Waals surface area contributed by atoms with Crippen molar-refractivity contribution in [2.75, 3.05) is 33.2 Å². The summed E-state index contributed by atoms with van der Waals surface area (Å²) in [5.74, 6) is 0. The molecule has 0 spiro atoms. The van der Waals surface area contributed by atoms with Gasteiger partial charge < -0.3 is 4.90 Å². The summed E-state index contributed by atoms with van der Waals surface area (Å²) < 4.78 is 0. The van der Waals surface area contributed by atoms with Crippen LogP contribution in [0.15, 0.2) is 60.7 Å². The van der Waals surface area contributed by atoms with Gasteiger partial charge in [0.1, 0.15) is 0 Å². The number of likely N-dealkylation sites (N-methyl/N-ethyl adjacent to an activating group) is 1. The molecule has 23 heavy (non-hydrogen) atoms. The Hall–Kier alpha value is -1.06. The van der Waals surface area contributed by atoms with Gasteiger partial charge in [0.2, 0.25) is 0 Å². The zero-order valence-corrected chi connectivity index (χ0v) is 15.2. The lowest BCUT2D eigenvalue weighted by Gasteiger charge is -2.38. The van der Waals surface area contributed by atoms with Crippen LogP contribution in [-0.2, 0) is 6.42 Å². The fraction of sp³-hybridized carbons (Fsp3) is 0.368. The molecule has 2 aromatic rings. The van der Waals surface area contributed by atoms with E-state index in [1.165, 1.54) is 11.1 Å². The van der Waals surface area contributed by atoms with Gasteiger partial charge in [-0.25, -0.2) is 0 Å². The molecule has 1 fully saturated rings. The van der Waals surface area contributed by atoms with E-state index in [4.69, 9.17) is 0 Å². The Kier molecular flexibility index (Phi) is 8.64. The van der Waals surface area contributed by atoms with Crippen molar-refractivity contribution in [1.29, 1.82) is 0 Å². The van der Waals surface area contributed by atoms with Crippen LogP contribution in [0.2, 0.25) is 0 Å². The predicted octanol–water partition coefficient (Wildman–Crippen LogP) is 4.06. The molecule has 0 aromatic heterocycles. The Morgan fingerprint density at radius 3 is 1.87 bits per heavy atom. The van der Waals surface area contributed by atoms with E-state index in [0.717, 1.165) is 32.6 Å². The average molecular weight is 353 g/mol. The van der Waals surface area contributed by atoms with E-state index < -0.39 is 0 Å². The normalized spacial score (nSPS) is 16.9. The molecule has 3 rings (SSSR count). The van der Waals surface area contributed by atoms with Crippen molar-refractivity contribution in [2.24, 2.45) is 0 Å². The Morgan fingerprint density at radius 2 is 1.30 bits per heavy atom. The van der Waals surface area contributed by atoms with Gasteiger partial charge in [-0.2, -0.15) is 0 Å². The van der Waals surface area contributed by atoms with E-state index in [-0.39, 0.29) is 24.8 Å². The summed E-state index contributed by atoms with van der Waals surface area (Å²) in [5, 5.41) is 0.